The van der Waals surface area contributed by atoms with E-state index in [-0.39, 0.29) is 6.09 Å². The molecule has 1 saturated heterocycles. The minimum atomic E-state index is -0.264. The summed E-state index contributed by atoms with van der Waals surface area (Å²) in [6, 6.07) is 15.5. The van der Waals surface area contributed by atoms with Gasteiger partial charge in [-0.1, -0.05) is 12.1 Å². The van der Waals surface area contributed by atoms with Gasteiger partial charge in [0, 0.05) is 31.9 Å². The average Bonchev–Trinajstić information content (AvgIpc) is 2.68. The third-order valence-electron chi connectivity index (χ3n) is 4.21. The Labute approximate surface area is 147 Å². The van der Waals surface area contributed by atoms with E-state index >= 15 is 0 Å². The van der Waals surface area contributed by atoms with E-state index in [1.165, 1.54) is 7.11 Å². The molecule has 0 spiro atoms. The van der Waals surface area contributed by atoms with Crippen molar-refractivity contribution in [3.63, 3.8) is 0 Å². The quantitative estimate of drug-likeness (QED) is 0.853. The van der Waals surface area contributed by atoms with Crippen LogP contribution in [0.2, 0.25) is 0 Å². The van der Waals surface area contributed by atoms with Gasteiger partial charge in [0.15, 0.2) is 11.5 Å². The third-order valence-corrected chi connectivity index (χ3v) is 4.21. The van der Waals surface area contributed by atoms with Crippen LogP contribution in [0, 0.1) is 0 Å². The smallest absolute Gasteiger partial charge is 0.409 e. The molecular weight excluding hydrogens is 320 g/mol. The van der Waals surface area contributed by atoms with E-state index in [4.69, 9.17) is 14.2 Å². The first-order valence-electron chi connectivity index (χ1n) is 8.20. The number of ether oxygens (including phenoxy) is 3. The number of carbonyl (C=O) groups is 1. The Balaban J connectivity index is 1.62. The second-order valence-corrected chi connectivity index (χ2v) is 5.69. The Morgan fingerprint density at radius 2 is 1.52 bits per heavy atom. The standard InChI is InChI=1S/C19H22N2O4/c1-23-17-5-3-4-6-18(17)25-16-9-7-15(8-10-16)20-11-13-21(14-12-20)19(22)24-2/h3-10H,11-14H2,1-2H3. The number of amides is 1. The van der Waals surface area contributed by atoms with Crippen molar-refractivity contribution in [2.24, 2.45) is 0 Å². The van der Waals surface area contributed by atoms with Crippen molar-refractivity contribution in [3.05, 3.63) is 48.5 Å². The van der Waals surface area contributed by atoms with E-state index in [1.54, 1.807) is 12.0 Å². The van der Waals surface area contributed by atoms with Crippen LogP contribution in [0.1, 0.15) is 0 Å². The Bertz CT molecular complexity index is 710. The first-order chi connectivity index (χ1) is 12.2. The highest BCUT2D eigenvalue weighted by Gasteiger charge is 2.21. The molecule has 1 aliphatic heterocycles. The zero-order valence-corrected chi connectivity index (χ0v) is 14.5. The van der Waals surface area contributed by atoms with Crippen molar-refractivity contribution >= 4 is 11.8 Å². The number of piperazine rings is 1. The predicted molar refractivity (Wildman–Crippen MR) is 95.7 cm³/mol. The lowest BCUT2D eigenvalue weighted by atomic mass is 10.2. The molecule has 6 heteroatoms. The lowest BCUT2D eigenvalue weighted by Crippen LogP contribution is -2.48. The Morgan fingerprint density at radius 3 is 2.12 bits per heavy atom. The summed E-state index contributed by atoms with van der Waals surface area (Å²) in [4.78, 5) is 15.5. The predicted octanol–water partition coefficient (Wildman–Crippen LogP) is 3.38. The first-order valence-corrected chi connectivity index (χ1v) is 8.20. The normalized spacial score (nSPS) is 14.2. The topological polar surface area (TPSA) is 51.2 Å². The van der Waals surface area contributed by atoms with Crippen LogP contribution >= 0.6 is 0 Å². The van der Waals surface area contributed by atoms with Crippen LogP contribution in [-0.2, 0) is 4.74 Å². The molecule has 0 aliphatic carbocycles. The maximum atomic E-state index is 11.5. The van der Waals surface area contributed by atoms with Gasteiger partial charge in [0.1, 0.15) is 5.75 Å². The van der Waals surface area contributed by atoms with Gasteiger partial charge < -0.3 is 24.0 Å². The second kappa shape index (κ2) is 7.79. The van der Waals surface area contributed by atoms with Crippen molar-refractivity contribution < 1.29 is 19.0 Å². The van der Waals surface area contributed by atoms with Gasteiger partial charge in [0.25, 0.3) is 0 Å². The van der Waals surface area contributed by atoms with E-state index < -0.39 is 0 Å². The molecule has 0 bridgehead atoms. The van der Waals surface area contributed by atoms with Crippen LogP contribution in [0.25, 0.3) is 0 Å². The van der Waals surface area contributed by atoms with Gasteiger partial charge >= 0.3 is 6.09 Å². The van der Waals surface area contributed by atoms with Gasteiger partial charge in [-0.15, -0.1) is 0 Å². The fourth-order valence-corrected chi connectivity index (χ4v) is 2.83. The molecule has 0 N–H and O–H groups in total. The van der Waals surface area contributed by atoms with Crippen LogP contribution in [0.4, 0.5) is 10.5 Å². The SMILES string of the molecule is COC(=O)N1CCN(c2ccc(Oc3ccccc3OC)cc2)CC1. The van der Waals surface area contributed by atoms with E-state index in [0.29, 0.717) is 24.6 Å². The molecule has 0 saturated carbocycles. The maximum absolute atomic E-state index is 11.5. The Morgan fingerprint density at radius 1 is 0.880 bits per heavy atom. The molecule has 1 aliphatic rings. The molecule has 132 valence electrons. The van der Waals surface area contributed by atoms with E-state index in [1.807, 2.05) is 48.5 Å². The minimum absolute atomic E-state index is 0.264. The zero-order valence-electron chi connectivity index (χ0n) is 14.5. The van der Waals surface area contributed by atoms with Gasteiger partial charge in [-0.25, -0.2) is 4.79 Å². The van der Waals surface area contributed by atoms with Gasteiger partial charge in [-0.3, -0.25) is 0 Å². The monoisotopic (exact) mass is 342 g/mol. The minimum Gasteiger partial charge on any atom is -0.493 e. The van der Waals surface area contributed by atoms with Crippen LogP contribution in [-0.4, -0.2) is 51.4 Å². The summed E-state index contributed by atoms with van der Waals surface area (Å²) in [5, 5.41) is 0. The van der Waals surface area contributed by atoms with Crippen molar-refractivity contribution in [1.29, 1.82) is 0 Å². The number of hydrogen-bond acceptors (Lipinski definition) is 5. The fourth-order valence-electron chi connectivity index (χ4n) is 2.83. The van der Waals surface area contributed by atoms with Gasteiger partial charge in [0.05, 0.1) is 14.2 Å². The molecular formula is C19H22N2O4. The molecule has 1 heterocycles. The number of methoxy groups -OCH3 is 2. The van der Waals surface area contributed by atoms with Crippen LogP contribution in [0.3, 0.4) is 0 Å². The van der Waals surface area contributed by atoms with E-state index in [2.05, 4.69) is 4.90 Å². The van der Waals surface area contributed by atoms with Crippen molar-refractivity contribution in [3.8, 4) is 17.2 Å². The number of carbonyl (C=O) groups excluding carboxylic acids is 1. The number of benzene rings is 2. The molecule has 0 aromatic heterocycles. The van der Waals surface area contributed by atoms with Gasteiger partial charge in [0.2, 0.25) is 0 Å². The summed E-state index contributed by atoms with van der Waals surface area (Å²) in [6.07, 6.45) is -0.264. The Kier molecular flexibility index (Phi) is 5.28. The Hall–Kier alpha value is -2.89. The molecule has 6 nitrogen and oxygen atoms in total. The van der Waals surface area contributed by atoms with Gasteiger partial charge in [-0.05, 0) is 36.4 Å². The summed E-state index contributed by atoms with van der Waals surface area (Å²) < 4.78 is 16.0. The lowest BCUT2D eigenvalue weighted by molar-refractivity contribution is 0.121. The number of para-hydroxylation sites is 2. The van der Waals surface area contributed by atoms with Crippen molar-refractivity contribution in [2.45, 2.75) is 0 Å². The lowest BCUT2D eigenvalue weighted by Gasteiger charge is -2.35. The molecule has 2 aromatic rings. The largest absolute Gasteiger partial charge is 0.493 e. The highest BCUT2D eigenvalue weighted by molar-refractivity contribution is 5.68. The summed E-state index contributed by atoms with van der Waals surface area (Å²) in [6.45, 7) is 2.88. The third kappa shape index (κ3) is 3.96. The summed E-state index contributed by atoms with van der Waals surface area (Å²) in [7, 11) is 3.04. The fraction of sp³-hybridized carbons (Fsp3) is 0.316. The molecule has 0 unspecified atom stereocenters. The van der Waals surface area contributed by atoms with E-state index in [0.717, 1.165) is 24.5 Å². The summed E-state index contributed by atoms with van der Waals surface area (Å²) >= 11 is 0. The molecule has 1 amide bonds. The van der Waals surface area contributed by atoms with Crippen molar-refractivity contribution in [1.82, 2.24) is 4.90 Å². The molecule has 1 fully saturated rings. The maximum Gasteiger partial charge on any atom is 0.409 e. The first kappa shape index (κ1) is 17.0. The molecule has 25 heavy (non-hydrogen) atoms. The molecule has 2 aromatic carbocycles. The van der Waals surface area contributed by atoms with Gasteiger partial charge in [-0.2, -0.15) is 0 Å². The number of anilines is 1. The number of nitrogens with zero attached hydrogens (tertiary/aromatic N) is 2. The number of hydrogen-bond donors (Lipinski definition) is 0. The number of rotatable bonds is 4. The highest BCUT2D eigenvalue weighted by Crippen LogP contribution is 2.31. The van der Waals surface area contributed by atoms with E-state index in [9.17, 15) is 4.79 Å². The summed E-state index contributed by atoms with van der Waals surface area (Å²) in [5.41, 5.74) is 1.11. The average molecular weight is 342 g/mol. The highest BCUT2D eigenvalue weighted by atomic mass is 16.5. The summed E-state index contributed by atoms with van der Waals surface area (Å²) in [5.74, 6) is 2.14. The molecule has 3 rings (SSSR count). The molecule has 0 atom stereocenters. The van der Waals surface area contributed by atoms with Crippen molar-refractivity contribution in [2.75, 3.05) is 45.3 Å². The molecule has 0 radical (unpaired) electrons. The van der Waals surface area contributed by atoms with Crippen LogP contribution in [0.5, 0.6) is 17.2 Å². The second-order valence-electron chi connectivity index (χ2n) is 5.69. The van der Waals surface area contributed by atoms with Crippen LogP contribution < -0.4 is 14.4 Å². The zero-order chi connectivity index (χ0) is 17.6. The van der Waals surface area contributed by atoms with Crippen LogP contribution in [0.15, 0.2) is 48.5 Å².